The fourth-order valence-corrected chi connectivity index (χ4v) is 3.33. The van der Waals surface area contributed by atoms with Crippen LogP contribution in [0.3, 0.4) is 0 Å². The molecule has 0 radical (unpaired) electrons. The highest BCUT2D eigenvalue weighted by atomic mass is 35.5. The highest BCUT2D eigenvalue weighted by Crippen LogP contribution is 2.27. The number of aromatic hydroxyl groups is 1. The maximum Gasteiger partial charge on any atom is 0.271 e. The zero-order chi connectivity index (χ0) is 21.7. The molecule has 0 aliphatic rings. The summed E-state index contributed by atoms with van der Waals surface area (Å²) in [6, 6.07) is 5.31. The van der Waals surface area contributed by atoms with E-state index in [1.54, 1.807) is 12.1 Å². The van der Waals surface area contributed by atoms with Gasteiger partial charge in [0.25, 0.3) is 5.56 Å². The number of aromatic nitrogens is 1. The molecular formula is C22H25ClN2O4. The lowest BCUT2D eigenvalue weighted by Gasteiger charge is -2.16. The summed E-state index contributed by atoms with van der Waals surface area (Å²) >= 11 is 6.15. The molecule has 2 rings (SSSR count). The molecule has 1 aromatic heterocycles. The largest absolute Gasteiger partial charge is 0.494 e. The van der Waals surface area contributed by atoms with Crippen LogP contribution in [-0.4, -0.2) is 22.1 Å². The SMILES string of the molecule is CCCCCn1c(O)c(C(=O)COc2cc(C)c(Cl)c(C)c2)c(C)c(C#N)c1=O. The molecule has 0 saturated carbocycles. The van der Waals surface area contributed by atoms with Crippen LogP contribution in [0.15, 0.2) is 16.9 Å². The summed E-state index contributed by atoms with van der Waals surface area (Å²) in [7, 11) is 0. The Hall–Kier alpha value is -2.78. The number of halogens is 1. The quantitative estimate of drug-likeness (QED) is 0.506. The van der Waals surface area contributed by atoms with E-state index in [0.29, 0.717) is 17.2 Å². The molecule has 0 saturated heterocycles. The lowest BCUT2D eigenvalue weighted by Crippen LogP contribution is -2.27. The summed E-state index contributed by atoms with van der Waals surface area (Å²) in [6.07, 6.45) is 2.46. The van der Waals surface area contributed by atoms with E-state index < -0.39 is 17.2 Å². The molecule has 0 unspecified atom stereocenters. The number of hydrogen-bond acceptors (Lipinski definition) is 5. The van der Waals surface area contributed by atoms with Gasteiger partial charge >= 0.3 is 0 Å². The Morgan fingerprint density at radius 1 is 1.24 bits per heavy atom. The lowest BCUT2D eigenvalue weighted by atomic mass is 10.0. The van der Waals surface area contributed by atoms with Crippen molar-refractivity contribution in [1.82, 2.24) is 4.57 Å². The summed E-state index contributed by atoms with van der Waals surface area (Å²) in [4.78, 5) is 25.3. The van der Waals surface area contributed by atoms with E-state index in [1.165, 1.54) is 6.92 Å². The Kier molecular flexibility index (Phi) is 7.46. The molecule has 1 heterocycles. The van der Waals surface area contributed by atoms with Gasteiger partial charge in [0.2, 0.25) is 11.7 Å². The van der Waals surface area contributed by atoms with Crippen LogP contribution in [0.25, 0.3) is 0 Å². The van der Waals surface area contributed by atoms with E-state index in [1.807, 2.05) is 26.8 Å². The summed E-state index contributed by atoms with van der Waals surface area (Å²) in [5.41, 5.74) is 1.04. The van der Waals surface area contributed by atoms with Gasteiger partial charge in [-0.05, 0) is 56.0 Å². The molecule has 1 aromatic carbocycles. The molecule has 1 N–H and O–H groups in total. The number of ether oxygens (including phenoxy) is 1. The van der Waals surface area contributed by atoms with Crippen molar-refractivity contribution in [3.63, 3.8) is 0 Å². The minimum Gasteiger partial charge on any atom is -0.494 e. The minimum absolute atomic E-state index is 0.0555. The maximum atomic E-state index is 12.8. The van der Waals surface area contributed by atoms with Gasteiger partial charge in [0, 0.05) is 11.6 Å². The molecule has 0 spiro atoms. The van der Waals surface area contributed by atoms with Crippen LogP contribution in [0.1, 0.15) is 58.8 Å². The number of rotatable bonds is 8. The summed E-state index contributed by atoms with van der Waals surface area (Å²) in [5, 5.41) is 20.6. The van der Waals surface area contributed by atoms with Crippen LogP contribution >= 0.6 is 11.6 Å². The number of nitriles is 1. The summed E-state index contributed by atoms with van der Waals surface area (Å²) in [5.74, 6) is -0.447. The fourth-order valence-electron chi connectivity index (χ4n) is 3.22. The minimum atomic E-state index is -0.583. The van der Waals surface area contributed by atoms with Crippen molar-refractivity contribution in [2.24, 2.45) is 0 Å². The number of ketones is 1. The zero-order valence-electron chi connectivity index (χ0n) is 17.1. The topological polar surface area (TPSA) is 92.3 Å². The van der Waals surface area contributed by atoms with Crippen molar-refractivity contribution in [2.45, 2.75) is 53.5 Å². The third-order valence-electron chi connectivity index (χ3n) is 4.84. The first kappa shape index (κ1) is 22.5. The average molecular weight is 417 g/mol. The van der Waals surface area contributed by atoms with Crippen molar-refractivity contribution in [1.29, 1.82) is 5.26 Å². The van der Waals surface area contributed by atoms with Crippen molar-refractivity contribution >= 4 is 17.4 Å². The highest BCUT2D eigenvalue weighted by Gasteiger charge is 2.24. The van der Waals surface area contributed by atoms with Gasteiger partial charge in [-0.15, -0.1) is 0 Å². The number of carbonyl (C=O) groups excluding carboxylic acids is 1. The fraction of sp³-hybridized carbons (Fsp3) is 0.409. The maximum absolute atomic E-state index is 12.8. The summed E-state index contributed by atoms with van der Waals surface area (Å²) in [6.45, 7) is 7.08. The second-order valence-electron chi connectivity index (χ2n) is 7.06. The number of hydrogen-bond donors (Lipinski definition) is 1. The van der Waals surface area contributed by atoms with E-state index in [2.05, 4.69) is 0 Å². The molecule has 6 nitrogen and oxygen atoms in total. The van der Waals surface area contributed by atoms with Crippen molar-refractivity contribution in [2.75, 3.05) is 6.61 Å². The van der Waals surface area contributed by atoms with Gasteiger partial charge in [-0.3, -0.25) is 14.2 Å². The number of carbonyl (C=O) groups is 1. The van der Waals surface area contributed by atoms with Gasteiger partial charge in [-0.2, -0.15) is 5.26 Å². The highest BCUT2D eigenvalue weighted by molar-refractivity contribution is 6.32. The molecule has 0 atom stereocenters. The predicted octanol–water partition coefficient (Wildman–Crippen LogP) is 4.46. The Labute approximate surface area is 175 Å². The van der Waals surface area contributed by atoms with Gasteiger partial charge in [0.1, 0.15) is 17.4 Å². The van der Waals surface area contributed by atoms with Crippen LogP contribution in [-0.2, 0) is 6.54 Å². The number of Topliss-reactive ketones (excluding diaryl/α,β-unsaturated/α-hetero) is 1. The van der Waals surface area contributed by atoms with E-state index in [0.717, 1.165) is 28.5 Å². The first-order chi connectivity index (χ1) is 13.7. The van der Waals surface area contributed by atoms with Crippen molar-refractivity contribution < 1.29 is 14.6 Å². The first-order valence-corrected chi connectivity index (χ1v) is 9.89. The monoisotopic (exact) mass is 416 g/mol. The van der Waals surface area contributed by atoms with Crippen LogP contribution in [0, 0.1) is 32.1 Å². The normalized spacial score (nSPS) is 10.6. The van der Waals surface area contributed by atoms with E-state index in [9.17, 15) is 20.0 Å². The Morgan fingerprint density at radius 2 is 1.86 bits per heavy atom. The average Bonchev–Trinajstić information content (AvgIpc) is 2.67. The van der Waals surface area contributed by atoms with E-state index >= 15 is 0 Å². The Balaban J connectivity index is 2.37. The van der Waals surface area contributed by atoms with Crippen LogP contribution < -0.4 is 10.3 Å². The second kappa shape index (κ2) is 9.62. The third kappa shape index (κ3) is 4.80. The van der Waals surface area contributed by atoms with Gasteiger partial charge in [0.05, 0.1) is 5.56 Å². The van der Waals surface area contributed by atoms with E-state index in [4.69, 9.17) is 16.3 Å². The third-order valence-corrected chi connectivity index (χ3v) is 5.44. The Bertz CT molecular complexity index is 1010. The standard InChI is InChI=1S/C22H25ClN2O4/c1-5-6-7-8-25-21(27)17(11-24)15(4)19(22(25)28)18(26)12-29-16-9-13(2)20(23)14(3)10-16/h9-10,28H,5-8,12H2,1-4H3. The number of nitrogens with zero attached hydrogens (tertiary/aromatic N) is 2. The van der Waals surface area contributed by atoms with Crippen LogP contribution in [0.5, 0.6) is 11.6 Å². The molecule has 0 fully saturated rings. The lowest BCUT2D eigenvalue weighted by molar-refractivity contribution is 0.0916. The number of benzene rings is 1. The molecule has 0 bridgehead atoms. The summed E-state index contributed by atoms with van der Waals surface area (Å²) < 4.78 is 6.70. The van der Waals surface area contributed by atoms with Gasteiger partial charge < -0.3 is 9.84 Å². The zero-order valence-corrected chi connectivity index (χ0v) is 17.9. The van der Waals surface area contributed by atoms with Crippen molar-refractivity contribution in [3.8, 4) is 17.7 Å². The number of pyridine rings is 1. The molecule has 7 heteroatoms. The van der Waals surface area contributed by atoms with E-state index in [-0.39, 0.29) is 29.8 Å². The second-order valence-corrected chi connectivity index (χ2v) is 7.44. The smallest absolute Gasteiger partial charge is 0.271 e. The molecule has 0 amide bonds. The predicted molar refractivity (Wildman–Crippen MR) is 112 cm³/mol. The number of aryl methyl sites for hydroxylation is 2. The molecule has 29 heavy (non-hydrogen) atoms. The van der Waals surface area contributed by atoms with Crippen LogP contribution in [0.2, 0.25) is 5.02 Å². The molecule has 0 aliphatic carbocycles. The first-order valence-electron chi connectivity index (χ1n) is 9.52. The number of unbranched alkanes of at least 4 members (excludes halogenated alkanes) is 2. The van der Waals surface area contributed by atoms with Crippen molar-refractivity contribution in [3.05, 3.63) is 55.3 Å². The van der Waals surface area contributed by atoms with Gasteiger partial charge in [-0.1, -0.05) is 31.4 Å². The van der Waals surface area contributed by atoms with Gasteiger partial charge in [0.15, 0.2) is 6.61 Å². The molecular weight excluding hydrogens is 392 g/mol. The molecule has 0 aliphatic heterocycles. The Morgan fingerprint density at radius 3 is 2.41 bits per heavy atom. The van der Waals surface area contributed by atoms with Gasteiger partial charge in [-0.25, -0.2) is 0 Å². The molecule has 154 valence electrons. The van der Waals surface area contributed by atoms with Crippen LogP contribution in [0.4, 0.5) is 0 Å². The molecule has 2 aromatic rings.